The lowest BCUT2D eigenvalue weighted by Gasteiger charge is -2.36. The number of nitrogens with one attached hydrogen (secondary N) is 1. The highest BCUT2D eigenvalue weighted by Gasteiger charge is 2.45. The first kappa shape index (κ1) is 30.2. The van der Waals surface area contributed by atoms with Gasteiger partial charge >= 0.3 is 6.03 Å². The number of halogens is 2. The fourth-order valence-electron chi connectivity index (χ4n) is 4.97. The average Bonchev–Trinajstić information content (AvgIpc) is 3.33. The van der Waals surface area contributed by atoms with Gasteiger partial charge in [-0.05, 0) is 61.4 Å². The monoisotopic (exact) mass is 596 g/mol. The molecule has 10 heteroatoms. The van der Waals surface area contributed by atoms with Crippen LogP contribution >= 0.6 is 23.2 Å². The Morgan fingerprint density at radius 1 is 1.00 bits per heavy atom. The number of hydrogen-bond acceptors (Lipinski definition) is 5. The number of benzene rings is 3. The maximum Gasteiger partial charge on any atom is 0.326 e. The minimum atomic E-state index is -0.528. The van der Waals surface area contributed by atoms with Gasteiger partial charge in [0.25, 0.3) is 0 Å². The first-order valence-electron chi connectivity index (χ1n) is 13.0. The van der Waals surface area contributed by atoms with Crippen LogP contribution in [0.1, 0.15) is 50.0 Å². The molecule has 0 radical (unpaired) electrons. The second kappa shape index (κ2) is 12.8. The van der Waals surface area contributed by atoms with Crippen molar-refractivity contribution in [2.45, 2.75) is 39.5 Å². The highest BCUT2D eigenvalue weighted by Crippen LogP contribution is 2.45. The largest absolute Gasteiger partial charge is 0.497 e. The van der Waals surface area contributed by atoms with Crippen LogP contribution in [0.5, 0.6) is 11.5 Å². The number of aliphatic imine (C=N–C) groups is 1. The number of carbonyl (C=O) groups excluding carboxylic acids is 2. The molecule has 1 N–H and O–H groups in total. The number of carbonyl (C=O) groups is 2. The van der Waals surface area contributed by atoms with Crippen molar-refractivity contribution in [2.75, 3.05) is 26.7 Å². The van der Waals surface area contributed by atoms with E-state index in [1.807, 2.05) is 62.4 Å². The van der Waals surface area contributed by atoms with Crippen molar-refractivity contribution in [3.63, 3.8) is 0 Å². The Hall–Kier alpha value is -3.75. The van der Waals surface area contributed by atoms with Crippen molar-refractivity contribution in [1.82, 2.24) is 15.1 Å². The molecule has 41 heavy (non-hydrogen) atoms. The molecule has 2 aliphatic heterocycles. The lowest BCUT2D eigenvalue weighted by atomic mass is 9.93. The van der Waals surface area contributed by atoms with Gasteiger partial charge < -0.3 is 19.7 Å². The molecule has 2 heterocycles. The zero-order valence-electron chi connectivity index (χ0n) is 22.4. The smallest absolute Gasteiger partial charge is 0.326 e. The average molecular weight is 598 g/mol. The highest BCUT2D eigenvalue weighted by molar-refractivity contribution is 6.30. The topological polar surface area (TPSA) is 83.5 Å². The fourth-order valence-corrected chi connectivity index (χ4v) is 5.23. The van der Waals surface area contributed by atoms with E-state index in [1.54, 1.807) is 35.1 Å². The molecule has 2 aliphatic rings. The molecule has 216 valence electrons. The highest BCUT2D eigenvalue weighted by atomic mass is 35.5. The second-order valence-electron chi connectivity index (χ2n) is 9.90. The van der Waals surface area contributed by atoms with Gasteiger partial charge in [-0.2, -0.15) is 0 Å². The summed E-state index contributed by atoms with van der Waals surface area (Å²) in [4.78, 5) is 35.0. The number of amidine groups is 1. The molecular formula is C31H34Cl2N4O4. The van der Waals surface area contributed by atoms with Gasteiger partial charge in [0.1, 0.15) is 29.9 Å². The Bertz CT molecular complexity index is 1430. The van der Waals surface area contributed by atoms with Gasteiger partial charge in [0.15, 0.2) is 0 Å². The Labute approximate surface area is 250 Å². The molecule has 3 aromatic rings. The number of ether oxygens (including phenoxy) is 2. The maximum atomic E-state index is 14.3. The maximum absolute atomic E-state index is 14.3. The number of hydrogen-bond donors (Lipinski definition) is 1. The van der Waals surface area contributed by atoms with E-state index in [4.69, 9.17) is 37.7 Å². The van der Waals surface area contributed by atoms with Crippen LogP contribution in [0.25, 0.3) is 0 Å². The van der Waals surface area contributed by atoms with Gasteiger partial charge in [0, 0.05) is 29.2 Å². The van der Waals surface area contributed by atoms with Gasteiger partial charge in [-0.3, -0.25) is 14.7 Å². The molecule has 0 aromatic heterocycles. The summed E-state index contributed by atoms with van der Waals surface area (Å²) in [6.07, 6.45) is -0.137. The minimum Gasteiger partial charge on any atom is -0.497 e. The predicted molar refractivity (Wildman–Crippen MR) is 162 cm³/mol. The minimum absolute atomic E-state index is 0. The Kier molecular flexibility index (Phi) is 9.46. The van der Waals surface area contributed by atoms with E-state index in [-0.39, 0.29) is 32.0 Å². The lowest BCUT2D eigenvalue weighted by molar-refractivity contribution is -0.123. The summed E-state index contributed by atoms with van der Waals surface area (Å²) in [6.45, 7) is 4.58. The zero-order valence-corrected chi connectivity index (χ0v) is 23.9. The van der Waals surface area contributed by atoms with E-state index in [2.05, 4.69) is 5.32 Å². The molecular weight excluding hydrogens is 563 g/mol. The van der Waals surface area contributed by atoms with Crippen molar-refractivity contribution in [2.24, 2.45) is 4.99 Å². The summed E-state index contributed by atoms with van der Waals surface area (Å²) in [6, 6.07) is 19.0. The fraction of sp³-hybridized carbons (Fsp3) is 0.323. The van der Waals surface area contributed by atoms with Gasteiger partial charge in [-0.15, -0.1) is 0 Å². The van der Waals surface area contributed by atoms with Gasteiger partial charge in [0.2, 0.25) is 5.91 Å². The van der Waals surface area contributed by atoms with Crippen LogP contribution in [0.3, 0.4) is 0 Å². The normalized spacial score (nSPS) is 18.5. The van der Waals surface area contributed by atoms with E-state index < -0.39 is 12.1 Å². The Morgan fingerprint density at radius 3 is 2.22 bits per heavy atom. The van der Waals surface area contributed by atoms with Crippen LogP contribution in [-0.2, 0) is 4.79 Å². The first-order valence-corrected chi connectivity index (χ1v) is 13.8. The molecule has 0 unspecified atom stereocenters. The first-order chi connectivity index (χ1) is 19.2. The molecule has 0 saturated carbocycles. The standard InChI is InChI=1S/C30H30Cl2N4O4.CH4/c1-18(2)40-25-16-23(39-3)12-13-24(25)29-34-27(19-4-8-21(31)9-5-19)28(20-6-10-22(32)11-7-20)36(29)30(38)35-15-14-33-26(37)17-35;/h4-13,16,18,27-28H,14-15,17H2,1-3H3,(H,33,37);1H4/t27-,28+;/m1./s1. The van der Waals surface area contributed by atoms with Crippen LogP contribution in [0.4, 0.5) is 4.79 Å². The lowest BCUT2D eigenvalue weighted by Crippen LogP contribution is -2.55. The molecule has 8 nitrogen and oxygen atoms in total. The molecule has 3 aromatic carbocycles. The summed E-state index contributed by atoms with van der Waals surface area (Å²) < 4.78 is 11.7. The van der Waals surface area contributed by atoms with Gasteiger partial charge in [-0.25, -0.2) is 4.79 Å². The number of urea groups is 1. The van der Waals surface area contributed by atoms with E-state index in [9.17, 15) is 9.59 Å². The van der Waals surface area contributed by atoms with Gasteiger partial charge in [-0.1, -0.05) is 54.9 Å². The Balaban J connectivity index is 0.00000387. The van der Waals surface area contributed by atoms with Crippen LogP contribution < -0.4 is 14.8 Å². The van der Waals surface area contributed by atoms with Crippen molar-refractivity contribution in [3.05, 3.63) is 93.5 Å². The molecule has 0 bridgehead atoms. The molecule has 1 saturated heterocycles. The quantitative estimate of drug-likeness (QED) is 0.351. The van der Waals surface area contributed by atoms with Crippen molar-refractivity contribution >= 4 is 41.0 Å². The van der Waals surface area contributed by atoms with E-state index >= 15 is 0 Å². The molecule has 1 fully saturated rings. The second-order valence-corrected chi connectivity index (χ2v) is 10.8. The zero-order chi connectivity index (χ0) is 28.4. The molecule has 0 spiro atoms. The van der Waals surface area contributed by atoms with E-state index in [0.29, 0.717) is 46.0 Å². The predicted octanol–water partition coefficient (Wildman–Crippen LogP) is 6.52. The third-order valence-electron chi connectivity index (χ3n) is 6.80. The number of amides is 3. The van der Waals surface area contributed by atoms with Crippen molar-refractivity contribution in [1.29, 1.82) is 0 Å². The number of piperazine rings is 1. The number of rotatable bonds is 6. The SMILES string of the molecule is C.COc1ccc(C2=N[C@H](c3ccc(Cl)cc3)[C@H](c3ccc(Cl)cc3)N2C(=O)N2CCNC(=O)C2)c(OC(C)C)c1. The molecule has 0 aliphatic carbocycles. The van der Waals surface area contributed by atoms with Crippen LogP contribution in [0.15, 0.2) is 71.7 Å². The Morgan fingerprint density at radius 2 is 1.63 bits per heavy atom. The molecule has 2 atom stereocenters. The van der Waals surface area contributed by atoms with Crippen LogP contribution in [0, 0.1) is 0 Å². The summed E-state index contributed by atoms with van der Waals surface area (Å²) in [5.74, 6) is 1.39. The number of nitrogens with zero attached hydrogens (tertiary/aromatic N) is 3. The van der Waals surface area contributed by atoms with E-state index in [1.165, 1.54) is 0 Å². The van der Waals surface area contributed by atoms with Gasteiger partial charge in [0.05, 0.1) is 24.8 Å². The molecule has 5 rings (SSSR count). The van der Waals surface area contributed by atoms with Crippen molar-refractivity contribution in [3.8, 4) is 11.5 Å². The van der Waals surface area contributed by atoms with Crippen molar-refractivity contribution < 1.29 is 19.1 Å². The summed E-state index contributed by atoms with van der Waals surface area (Å²) in [5, 5.41) is 3.97. The van der Waals surface area contributed by atoms with Crippen LogP contribution in [0.2, 0.25) is 10.0 Å². The third kappa shape index (κ3) is 6.44. The third-order valence-corrected chi connectivity index (χ3v) is 7.30. The molecule has 3 amide bonds. The summed E-state index contributed by atoms with van der Waals surface area (Å²) in [7, 11) is 1.59. The van der Waals surface area contributed by atoms with Crippen LogP contribution in [-0.4, -0.2) is 60.4 Å². The van der Waals surface area contributed by atoms with E-state index in [0.717, 1.165) is 11.1 Å². The summed E-state index contributed by atoms with van der Waals surface area (Å²) in [5.41, 5.74) is 2.37. The summed E-state index contributed by atoms with van der Waals surface area (Å²) >= 11 is 12.5. The number of methoxy groups -OCH3 is 1.